The smallest absolute Gasteiger partial charge is 0.425 e. The standard InChI is InChI=1S/C36H50F2N6O6/c1-19(2)44-29-23(20-12-14-21(15-13-20)41-31(45)48-34(3,4)5)18-40-30(27(29)28(42-44)22-16-25(38)26(39)17-24(22)37)43(32(46)49-35(6,7)8)33(47)50-36(9,10)11/h16-21H,12-15,39H2,1-11H3,(H,41,45). The number of benzene rings is 1. The minimum Gasteiger partial charge on any atom is -0.444 e. The Kier molecular flexibility index (Phi) is 10.7. The van der Waals surface area contributed by atoms with Crippen molar-refractivity contribution in [2.75, 3.05) is 10.6 Å². The van der Waals surface area contributed by atoms with Crippen molar-refractivity contribution >= 4 is 40.7 Å². The van der Waals surface area contributed by atoms with Gasteiger partial charge in [0.15, 0.2) is 5.82 Å². The van der Waals surface area contributed by atoms with E-state index in [2.05, 4.69) is 10.3 Å². The summed E-state index contributed by atoms with van der Waals surface area (Å²) in [5.74, 6) is -2.04. The fourth-order valence-corrected chi connectivity index (χ4v) is 5.84. The van der Waals surface area contributed by atoms with Gasteiger partial charge in [0.2, 0.25) is 0 Å². The predicted octanol–water partition coefficient (Wildman–Crippen LogP) is 8.77. The topological polar surface area (TPSA) is 151 Å². The number of imide groups is 1. The molecule has 1 fully saturated rings. The van der Waals surface area contributed by atoms with Gasteiger partial charge in [0.1, 0.15) is 34.1 Å². The largest absolute Gasteiger partial charge is 0.444 e. The first-order valence-electron chi connectivity index (χ1n) is 16.9. The predicted molar refractivity (Wildman–Crippen MR) is 187 cm³/mol. The summed E-state index contributed by atoms with van der Waals surface area (Å²) in [6.45, 7) is 19.0. The second kappa shape index (κ2) is 14.0. The summed E-state index contributed by atoms with van der Waals surface area (Å²) in [5, 5.41) is 7.85. The van der Waals surface area contributed by atoms with Crippen molar-refractivity contribution < 1.29 is 37.4 Å². The van der Waals surface area contributed by atoms with Crippen molar-refractivity contribution in [3.8, 4) is 11.3 Å². The van der Waals surface area contributed by atoms with Gasteiger partial charge in [-0.15, -0.1) is 0 Å². The van der Waals surface area contributed by atoms with Crippen LogP contribution < -0.4 is 16.0 Å². The van der Waals surface area contributed by atoms with E-state index in [9.17, 15) is 18.8 Å². The van der Waals surface area contributed by atoms with Crippen LogP contribution in [-0.2, 0) is 14.2 Å². The third-order valence-electron chi connectivity index (χ3n) is 7.82. The first-order valence-corrected chi connectivity index (χ1v) is 16.9. The second-order valence-corrected chi connectivity index (χ2v) is 16.0. The van der Waals surface area contributed by atoms with Crippen LogP contribution in [0.1, 0.15) is 119 Å². The lowest BCUT2D eigenvalue weighted by Gasteiger charge is -2.31. The van der Waals surface area contributed by atoms with Crippen LogP contribution >= 0.6 is 0 Å². The molecule has 3 aromatic rings. The van der Waals surface area contributed by atoms with Gasteiger partial charge in [-0.2, -0.15) is 10.00 Å². The van der Waals surface area contributed by atoms with Crippen LogP contribution in [0.15, 0.2) is 18.3 Å². The van der Waals surface area contributed by atoms with Crippen LogP contribution in [-0.4, -0.2) is 55.9 Å². The maximum absolute atomic E-state index is 15.7. The molecule has 1 aromatic carbocycles. The molecule has 0 bridgehead atoms. The van der Waals surface area contributed by atoms with Crippen molar-refractivity contribution in [3.63, 3.8) is 0 Å². The number of halogens is 2. The molecule has 2 heterocycles. The molecule has 0 saturated heterocycles. The highest BCUT2D eigenvalue weighted by molar-refractivity contribution is 6.16. The Hall–Kier alpha value is -4.49. The number of nitrogen functional groups attached to an aromatic ring is 1. The Balaban J connectivity index is 1.95. The van der Waals surface area contributed by atoms with Gasteiger partial charge in [0.05, 0.1) is 16.6 Å². The maximum atomic E-state index is 15.7. The third-order valence-corrected chi connectivity index (χ3v) is 7.82. The number of nitrogens with one attached hydrogen (secondary N) is 1. The number of anilines is 2. The zero-order chi connectivity index (χ0) is 37.5. The zero-order valence-electron chi connectivity index (χ0n) is 30.9. The summed E-state index contributed by atoms with van der Waals surface area (Å²) < 4.78 is 49.0. The first-order chi connectivity index (χ1) is 23.0. The molecule has 12 nitrogen and oxygen atoms in total. The summed E-state index contributed by atoms with van der Waals surface area (Å²) in [6, 6.07) is 1.38. The average Bonchev–Trinajstić information content (AvgIpc) is 3.34. The molecule has 0 spiro atoms. The number of nitrogens with two attached hydrogens (primary N) is 1. The molecule has 50 heavy (non-hydrogen) atoms. The summed E-state index contributed by atoms with van der Waals surface area (Å²) in [7, 11) is 0. The van der Waals surface area contributed by atoms with E-state index in [4.69, 9.17) is 25.0 Å². The number of carbonyl (C=O) groups is 3. The number of carbonyl (C=O) groups excluding carboxylic acids is 3. The number of fused-ring (bicyclic) bond motifs is 1. The monoisotopic (exact) mass is 700 g/mol. The van der Waals surface area contributed by atoms with Gasteiger partial charge in [-0.1, -0.05) is 0 Å². The summed E-state index contributed by atoms with van der Waals surface area (Å²) in [5.41, 5.74) is 3.56. The van der Waals surface area contributed by atoms with Gasteiger partial charge in [-0.05, 0) is 119 Å². The minimum absolute atomic E-state index is 0.0492. The fraction of sp³-hybridized carbons (Fsp3) is 0.583. The maximum Gasteiger partial charge on any atom is 0.425 e. The van der Waals surface area contributed by atoms with Crippen molar-refractivity contribution in [2.24, 2.45) is 0 Å². The lowest BCUT2D eigenvalue weighted by molar-refractivity contribution is 0.0425. The van der Waals surface area contributed by atoms with Gasteiger partial charge in [0.25, 0.3) is 0 Å². The molecule has 1 aliphatic rings. The molecule has 14 heteroatoms. The minimum atomic E-state index is -1.07. The molecule has 4 rings (SSSR count). The molecule has 0 atom stereocenters. The van der Waals surface area contributed by atoms with Crippen molar-refractivity contribution in [1.29, 1.82) is 0 Å². The molecule has 1 saturated carbocycles. The number of ether oxygens (including phenoxy) is 3. The van der Waals surface area contributed by atoms with Gasteiger partial charge in [0, 0.05) is 29.9 Å². The van der Waals surface area contributed by atoms with Crippen LogP contribution in [0.2, 0.25) is 0 Å². The molecule has 1 aliphatic carbocycles. The Morgan fingerprint density at radius 3 is 1.92 bits per heavy atom. The number of hydrogen-bond donors (Lipinski definition) is 2. The molecule has 0 aliphatic heterocycles. The number of aromatic nitrogens is 3. The molecule has 3 N–H and O–H groups in total. The molecule has 2 aromatic heterocycles. The second-order valence-electron chi connectivity index (χ2n) is 16.0. The van der Waals surface area contributed by atoms with Crippen LogP contribution in [0, 0.1) is 11.6 Å². The molecule has 0 radical (unpaired) electrons. The fourth-order valence-electron chi connectivity index (χ4n) is 5.84. The van der Waals surface area contributed by atoms with Gasteiger partial charge in [-0.25, -0.2) is 28.1 Å². The van der Waals surface area contributed by atoms with Gasteiger partial charge < -0.3 is 25.3 Å². The molecular weight excluding hydrogens is 650 g/mol. The van der Waals surface area contributed by atoms with E-state index in [0.717, 1.165) is 17.7 Å². The average molecular weight is 701 g/mol. The lowest BCUT2D eigenvalue weighted by atomic mass is 9.81. The van der Waals surface area contributed by atoms with E-state index in [1.807, 2.05) is 13.8 Å². The van der Waals surface area contributed by atoms with E-state index in [0.29, 0.717) is 36.1 Å². The van der Waals surface area contributed by atoms with E-state index in [-0.39, 0.29) is 40.5 Å². The Morgan fingerprint density at radius 1 is 0.880 bits per heavy atom. The normalized spacial score (nSPS) is 17.1. The van der Waals surface area contributed by atoms with E-state index in [1.54, 1.807) is 73.2 Å². The quantitative estimate of drug-likeness (QED) is 0.197. The third kappa shape index (κ3) is 8.99. The Morgan fingerprint density at radius 2 is 1.42 bits per heavy atom. The highest BCUT2D eigenvalue weighted by atomic mass is 19.1. The van der Waals surface area contributed by atoms with E-state index in [1.165, 1.54) is 0 Å². The SMILES string of the molecule is CC(C)n1nc(-c2cc(F)c(N)cc2F)c2c(N(C(=O)OC(C)(C)C)C(=O)OC(C)(C)C)ncc(C3CCC(NC(=O)OC(C)(C)C)CC3)c21. The van der Waals surface area contributed by atoms with E-state index >= 15 is 4.39 Å². The number of rotatable bonds is 5. The van der Waals surface area contributed by atoms with Crippen LogP contribution in [0.5, 0.6) is 0 Å². The number of hydrogen-bond acceptors (Lipinski definition) is 9. The summed E-state index contributed by atoms with van der Waals surface area (Å²) >= 11 is 0. The Bertz CT molecular complexity index is 1730. The number of amides is 3. The lowest BCUT2D eigenvalue weighted by Crippen LogP contribution is -2.44. The van der Waals surface area contributed by atoms with Gasteiger partial charge >= 0.3 is 18.3 Å². The summed E-state index contributed by atoms with van der Waals surface area (Å²) in [6.07, 6.45) is 1.49. The zero-order valence-corrected chi connectivity index (χ0v) is 30.9. The first kappa shape index (κ1) is 38.3. The number of pyridine rings is 1. The summed E-state index contributed by atoms with van der Waals surface area (Å²) in [4.78, 5) is 45.4. The van der Waals surface area contributed by atoms with Crippen molar-refractivity contribution in [3.05, 3.63) is 35.5 Å². The van der Waals surface area contributed by atoms with Crippen LogP contribution in [0.3, 0.4) is 0 Å². The van der Waals surface area contributed by atoms with Crippen molar-refractivity contribution in [2.45, 2.75) is 137 Å². The van der Waals surface area contributed by atoms with E-state index < -0.39 is 52.4 Å². The number of nitrogens with zero attached hydrogens (tertiary/aromatic N) is 4. The molecule has 3 amide bonds. The molecular formula is C36H50F2N6O6. The highest BCUT2D eigenvalue weighted by Crippen LogP contribution is 2.44. The molecule has 274 valence electrons. The van der Waals surface area contributed by atoms with Crippen molar-refractivity contribution in [1.82, 2.24) is 20.1 Å². The number of alkyl carbamates (subject to hydrolysis) is 1. The van der Waals surface area contributed by atoms with Crippen LogP contribution in [0.25, 0.3) is 22.2 Å². The highest BCUT2D eigenvalue weighted by Gasteiger charge is 2.38. The van der Waals surface area contributed by atoms with Gasteiger partial charge in [-0.3, -0.25) is 4.68 Å². The molecule has 0 unspecified atom stereocenters. The Labute approximate surface area is 292 Å². The van der Waals surface area contributed by atoms with Crippen LogP contribution in [0.4, 0.5) is 34.7 Å².